The third-order valence-corrected chi connectivity index (χ3v) is 3.97. The number of nitro benzene ring substituents is 1. The highest BCUT2D eigenvalue weighted by atomic mass is 35.5. The molecular weight excluding hydrogens is 288 g/mol. The second kappa shape index (κ2) is 5.22. The van der Waals surface area contributed by atoms with E-state index < -0.39 is 4.92 Å². The second-order valence-corrected chi connectivity index (χ2v) is 5.39. The average Bonchev–Trinajstić information content (AvgIpc) is 2.85. The van der Waals surface area contributed by atoms with Crippen molar-refractivity contribution in [2.45, 2.75) is 13.5 Å². The normalized spacial score (nSPS) is 11.0. The highest BCUT2D eigenvalue weighted by Gasteiger charge is 2.11. The van der Waals surface area contributed by atoms with Gasteiger partial charge >= 0.3 is 0 Å². The molecular formula is C16H13ClN2O2. The highest BCUT2D eigenvalue weighted by molar-refractivity contribution is 6.31. The topological polar surface area (TPSA) is 48.1 Å². The number of hydrogen-bond acceptors (Lipinski definition) is 2. The van der Waals surface area contributed by atoms with Crippen LogP contribution < -0.4 is 0 Å². The lowest BCUT2D eigenvalue weighted by atomic mass is 10.1. The van der Waals surface area contributed by atoms with Gasteiger partial charge in [0.2, 0.25) is 0 Å². The number of rotatable bonds is 3. The number of nitrogens with zero attached hydrogens (tertiary/aromatic N) is 2. The molecule has 21 heavy (non-hydrogen) atoms. The third kappa shape index (κ3) is 2.50. The lowest BCUT2D eigenvalue weighted by Crippen LogP contribution is -1.99. The Bertz CT molecular complexity index is 839. The minimum absolute atomic E-state index is 0.0111. The first-order chi connectivity index (χ1) is 10.1. The molecule has 0 atom stereocenters. The van der Waals surface area contributed by atoms with Crippen LogP contribution in [0.3, 0.4) is 0 Å². The van der Waals surface area contributed by atoms with Crippen molar-refractivity contribution >= 4 is 28.2 Å². The van der Waals surface area contributed by atoms with E-state index in [1.165, 1.54) is 23.1 Å². The zero-order valence-electron chi connectivity index (χ0n) is 11.4. The van der Waals surface area contributed by atoms with E-state index in [-0.39, 0.29) is 5.69 Å². The Morgan fingerprint density at radius 3 is 2.76 bits per heavy atom. The number of halogens is 1. The molecule has 0 aliphatic heterocycles. The fourth-order valence-electron chi connectivity index (χ4n) is 2.48. The van der Waals surface area contributed by atoms with E-state index in [2.05, 4.69) is 29.7 Å². The number of nitro groups is 1. The predicted molar refractivity (Wildman–Crippen MR) is 83.9 cm³/mol. The van der Waals surface area contributed by atoms with Crippen LogP contribution in [0.1, 0.15) is 11.1 Å². The predicted octanol–water partition coefficient (Wildman–Crippen LogP) is 4.56. The largest absolute Gasteiger partial charge is 0.343 e. The Kier molecular flexibility index (Phi) is 3.39. The van der Waals surface area contributed by atoms with Crippen LogP contribution in [0.2, 0.25) is 5.02 Å². The number of aromatic nitrogens is 1. The minimum atomic E-state index is -0.440. The number of non-ortho nitro benzene ring substituents is 1. The van der Waals surface area contributed by atoms with Gasteiger partial charge in [0.05, 0.1) is 9.95 Å². The summed E-state index contributed by atoms with van der Waals surface area (Å²) in [7, 11) is 0. The summed E-state index contributed by atoms with van der Waals surface area (Å²) < 4.78 is 2.09. The van der Waals surface area contributed by atoms with Gasteiger partial charge in [-0.05, 0) is 36.2 Å². The lowest BCUT2D eigenvalue weighted by molar-refractivity contribution is -0.384. The van der Waals surface area contributed by atoms with Gasteiger partial charge in [0.25, 0.3) is 5.69 Å². The molecule has 0 amide bonds. The Balaban J connectivity index is 1.99. The molecule has 3 aromatic rings. The van der Waals surface area contributed by atoms with Crippen LogP contribution in [0, 0.1) is 17.0 Å². The fraction of sp³-hybridized carbons (Fsp3) is 0.125. The van der Waals surface area contributed by atoms with Crippen LogP contribution in [-0.2, 0) is 6.54 Å². The molecule has 5 heteroatoms. The molecule has 0 bridgehead atoms. The average molecular weight is 301 g/mol. The van der Waals surface area contributed by atoms with Gasteiger partial charge in [-0.25, -0.2) is 0 Å². The van der Waals surface area contributed by atoms with Crippen LogP contribution in [0.5, 0.6) is 0 Å². The molecule has 0 N–H and O–H groups in total. The van der Waals surface area contributed by atoms with E-state index in [0.717, 1.165) is 11.1 Å². The van der Waals surface area contributed by atoms with Crippen LogP contribution in [0.4, 0.5) is 5.69 Å². The van der Waals surface area contributed by atoms with Crippen molar-refractivity contribution in [2.75, 3.05) is 0 Å². The summed E-state index contributed by atoms with van der Waals surface area (Å²) in [4.78, 5) is 10.3. The Morgan fingerprint density at radius 1 is 1.24 bits per heavy atom. The van der Waals surface area contributed by atoms with E-state index in [1.807, 2.05) is 12.3 Å². The summed E-state index contributed by atoms with van der Waals surface area (Å²) in [6.07, 6.45) is 2.01. The molecule has 0 saturated carbocycles. The van der Waals surface area contributed by atoms with Gasteiger partial charge in [0.1, 0.15) is 0 Å². The van der Waals surface area contributed by atoms with Crippen molar-refractivity contribution in [3.8, 4) is 0 Å². The van der Waals surface area contributed by atoms with Gasteiger partial charge in [0, 0.05) is 35.8 Å². The molecule has 0 aliphatic carbocycles. The summed E-state index contributed by atoms with van der Waals surface area (Å²) in [5.41, 5.74) is 3.23. The van der Waals surface area contributed by atoms with Gasteiger partial charge in [-0.15, -0.1) is 0 Å². The minimum Gasteiger partial charge on any atom is -0.343 e. The Labute approximate surface area is 126 Å². The number of aryl methyl sites for hydroxylation is 1. The summed E-state index contributed by atoms with van der Waals surface area (Å²) in [6.45, 7) is 2.66. The summed E-state index contributed by atoms with van der Waals surface area (Å²) in [5, 5.41) is 12.4. The first kappa shape index (κ1) is 13.6. The molecule has 0 spiro atoms. The molecule has 3 rings (SSSR count). The maximum atomic E-state index is 10.7. The van der Waals surface area contributed by atoms with Gasteiger partial charge in [-0.3, -0.25) is 10.1 Å². The zero-order valence-corrected chi connectivity index (χ0v) is 12.2. The summed E-state index contributed by atoms with van der Waals surface area (Å²) >= 11 is 6.16. The molecule has 1 aromatic heterocycles. The highest BCUT2D eigenvalue weighted by Crippen LogP contribution is 2.25. The maximum Gasteiger partial charge on any atom is 0.270 e. The number of hydrogen-bond donors (Lipinski definition) is 0. The molecule has 0 unspecified atom stereocenters. The van der Waals surface area contributed by atoms with Gasteiger partial charge in [-0.1, -0.05) is 23.7 Å². The van der Waals surface area contributed by atoms with Crippen LogP contribution in [0.25, 0.3) is 10.9 Å². The van der Waals surface area contributed by atoms with Crippen molar-refractivity contribution in [1.29, 1.82) is 0 Å². The first-order valence-electron chi connectivity index (χ1n) is 6.53. The Morgan fingerprint density at radius 2 is 2.05 bits per heavy atom. The molecule has 0 aliphatic rings. The molecule has 0 fully saturated rings. The number of fused-ring (bicyclic) bond motifs is 1. The quantitative estimate of drug-likeness (QED) is 0.526. The van der Waals surface area contributed by atoms with E-state index >= 15 is 0 Å². The van der Waals surface area contributed by atoms with Crippen molar-refractivity contribution < 1.29 is 4.92 Å². The third-order valence-electron chi connectivity index (χ3n) is 3.62. The second-order valence-electron chi connectivity index (χ2n) is 4.98. The first-order valence-corrected chi connectivity index (χ1v) is 6.91. The Hall–Kier alpha value is -2.33. The van der Waals surface area contributed by atoms with E-state index in [1.54, 1.807) is 6.07 Å². The van der Waals surface area contributed by atoms with Crippen LogP contribution in [0.15, 0.2) is 48.7 Å². The smallest absolute Gasteiger partial charge is 0.270 e. The molecule has 1 heterocycles. The van der Waals surface area contributed by atoms with Gasteiger partial charge in [0.15, 0.2) is 0 Å². The van der Waals surface area contributed by atoms with Crippen LogP contribution >= 0.6 is 11.6 Å². The van der Waals surface area contributed by atoms with Crippen LogP contribution in [-0.4, -0.2) is 9.49 Å². The monoisotopic (exact) mass is 300 g/mol. The van der Waals surface area contributed by atoms with Crippen molar-refractivity contribution in [3.05, 3.63) is 74.9 Å². The SMILES string of the molecule is Cc1cccc2c1ccn2Cc1ccc([N+](=O)[O-])cc1Cl. The molecule has 0 saturated heterocycles. The maximum absolute atomic E-state index is 10.7. The van der Waals surface area contributed by atoms with E-state index in [9.17, 15) is 10.1 Å². The van der Waals surface area contributed by atoms with Crippen molar-refractivity contribution in [2.24, 2.45) is 0 Å². The van der Waals surface area contributed by atoms with Crippen molar-refractivity contribution in [1.82, 2.24) is 4.57 Å². The number of benzene rings is 2. The molecule has 0 radical (unpaired) electrons. The summed E-state index contributed by atoms with van der Waals surface area (Å²) in [6, 6.07) is 12.8. The standard InChI is InChI=1S/C16H13ClN2O2/c1-11-3-2-4-16-14(11)7-8-18(16)10-12-5-6-13(19(20)21)9-15(12)17/h2-9H,10H2,1H3. The lowest BCUT2D eigenvalue weighted by Gasteiger charge is -2.08. The van der Waals surface area contributed by atoms with Crippen molar-refractivity contribution in [3.63, 3.8) is 0 Å². The van der Waals surface area contributed by atoms with Gasteiger partial charge in [-0.2, -0.15) is 0 Å². The zero-order chi connectivity index (χ0) is 15.0. The summed E-state index contributed by atoms with van der Waals surface area (Å²) in [5.74, 6) is 0. The van der Waals surface area contributed by atoms with Gasteiger partial charge < -0.3 is 4.57 Å². The molecule has 2 aromatic carbocycles. The molecule has 4 nitrogen and oxygen atoms in total. The molecule has 106 valence electrons. The van der Waals surface area contributed by atoms with E-state index in [4.69, 9.17) is 11.6 Å². The fourth-order valence-corrected chi connectivity index (χ4v) is 2.71. The van der Waals surface area contributed by atoms with E-state index in [0.29, 0.717) is 11.6 Å².